The molecule has 0 atom stereocenters. The molecule has 26 heavy (non-hydrogen) atoms. The summed E-state index contributed by atoms with van der Waals surface area (Å²) in [5.41, 5.74) is 0. The van der Waals surface area contributed by atoms with Crippen LogP contribution in [-0.4, -0.2) is 89.3 Å². The van der Waals surface area contributed by atoms with Crippen LogP contribution in [0.5, 0.6) is 0 Å². The summed E-state index contributed by atoms with van der Waals surface area (Å²) < 4.78 is 2.05. The summed E-state index contributed by atoms with van der Waals surface area (Å²) in [6.07, 6.45) is 2.64. The van der Waals surface area contributed by atoms with Crippen molar-refractivity contribution in [1.82, 2.24) is 35.2 Å². The molecule has 9 nitrogen and oxygen atoms in total. The van der Waals surface area contributed by atoms with E-state index in [0.29, 0.717) is 0 Å². The molecule has 148 valence electrons. The largest absolute Gasteiger partial charge is 0.355 e. The van der Waals surface area contributed by atoms with E-state index in [1.54, 1.807) is 20.3 Å². The third kappa shape index (κ3) is 7.06. The highest BCUT2D eigenvalue weighted by Gasteiger charge is 2.17. The van der Waals surface area contributed by atoms with E-state index in [1.165, 1.54) is 0 Å². The molecule has 2 heterocycles. The Balaban J connectivity index is 0.00000338. The van der Waals surface area contributed by atoms with E-state index in [9.17, 15) is 4.79 Å². The third-order valence-corrected chi connectivity index (χ3v) is 4.42. The minimum atomic E-state index is 0. The van der Waals surface area contributed by atoms with Crippen LogP contribution >= 0.6 is 24.0 Å². The Morgan fingerprint density at radius 2 is 1.85 bits per heavy atom. The highest BCUT2D eigenvalue weighted by Crippen LogP contribution is 2.01. The standard InChI is InChI=1S/C16H30N8O.HI/c1-4-15-21-20-13-24(15)8-6-19-16(17-3)18-5-7-22-9-11-23(12-10-22)14(2)25;/h13H,4-12H2,1-3H3,(H2,17,18,19);1H. The molecule has 1 aromatic heterocycles. The van der Waals surface area contributed by atoms with Gasteiger partial charge in [0.1, 0.15) is 12.2 Å². The van der Waals surface area contributed by atoms with Crippen LogP contribution in [-0.2, 0) is 17.8 Å². The second-order valence-corrected chi connectivity index (χ2v) is 6.07. The zero-order valence-electron chi connectivity index (χ0n) is 15.9. The van der Waals surface area contributed by atoms with Gasteiger partial charge < -0.3 is 20.1 Å². The van der Waals surface area contributed by atoms with Crippen molar-refractivity contribution in [2.45, 2.75) is 26.8 Å². The van der Waals surface area contributed by atoms with Crippen LogP contribution in [0.3, 0.4) is 0 Å². The summed E-state index contributed by atoms with van der Waals surface area (Å²) >= 11 is 0. The summed E-state index contributed by atoms with van der Waals surface area (Å²) in [4.78, 5) is 19.9. The number of guanidine groups is 1. The highest BCUT2D eigenvalue weighted by atomic mass is 127. The summed E-state index contributed by atoms with van der Waals surface area (Å²) in [6, 6.07) is 0. The smallest absolute Gasteiger partial charge is 0.219 e. The van der Waals surface area contributed by atoms with Crippen LogP contribution in [0, 0.1) is 0 Å². The van der Waals surface area contributed by atoms with Gasteiger partial charge in [-0.3, -0.25) is 14.7 Å². The van der Waals surface area contributed by atoms with Gasteiger partial charge >= 0.3 is 0 Å². The van der Waals surface area contributed by atoms with Crippen LogP contribution < -0.4 is 10.6 Å². The molecule has 1 aliphatic rings. The van der Waals surface area contributed by atoms with Crippen LogP contribution in [0.1, 0.15) is 19.7 Å². The number of piperazine rings is 1. The number of halogens is 1. The van der Waals surface area contributed by atoms with Gasteiger partial charge in [-0.05, 0) is 0 Å². The van der Waals surface area contributed by atoms with Crippen LogP contribution in [0.4, 0.5) is 0 Å². The van der Waals surface area contributed by atoms with Gasteiger partial charge in [0.15, 0.2) is 5.96 Å². The molecule has 0 spiro atoms. The molecule has 0 aromatic carbocycles. The topological polar surface area (TPSA) is 90.7 Å². The number of rotatable bonds is 7. The number of amides is 1. The Morgan fingerprint density at radius 3 is 2.42 bits per heavy atom. The van der Waals surface area contributed by atoms with Crippen LogP contribution in [0.2, 0.25) is 0 Å². The van der Waals surface area contributed by atoms with E-state index in [4.69, 9.17) is 0 Å². The predicted octanol–water partition coefficient (Wildman–Crippen LogP) is -0.212. The molecule has 0 radical (unpaired) electrons. The summed E-state index contributed by atoms with van der Waals surface area (Å²) in [6.45, 7) is 10.6. The second-order valence-electron chi connectivity index (χ2n) is 6.07. The first-order valence-electron chi connectivity index (χ1n) is 8.93. The van der Waals surface area contributed by atoms with Gasteiger partial charge in [0, 0.05) is 72.8 Å². The van der Waals surface area contributed by atoms with Crippen molar-refractivity contribution in [2.75, 3.05) is 52.9 Å². The molecular formula is C16H31IN8O. The molecule has 2 rings (SSSR count). The minimum Gasteiger partial charge on any atom is -0.355 e. The number of aryl methyl sites for hydroxylation is 1. The summed E-state index contributed by atoms with van der Waals surface area (Å²) in [5, 5.41) is 14.7. The average molecular weight is 478 g/mol. The lowest BCUT2D eigenvalue weighted by Gasteiger charge is -2.34. The van der Waals surface area contributed by atoms with Gasteiger partial charge in [-0.1, -0.05) is 6.92 Å². The van der Waals surface area contributed by atoms with Gasteiger partial charge in [-0.15, -0.1) is 34.2 Å². The maximum Gasteiger partial charge on any atom is 0.219 e. The first-order chi connectivity index (χ1) is 12.1. The fraction of sp³-hybridized carbons (Fsp3) is 0.750. The number of carbonyl (C=O) groups excluding carboxylic acids is 1. The summed E-state index contributed by atoms with van der Waals surface area (Å²) in [5.74, 6) is 1.96. The zero-order valence-corrected chi connectivity index (χ0v) is 18.3. The van der Waals surface area contributed by atoms with Gasteiger partial charge in [0.2, 0.25) is 5.91 Å². The lowest BCUT2D eigenvalue weighted by atomic mass is 10.3. The van der Waals surface area contributed by atoms with Crippen molar-refractivity contribution in [1.29, 1.82) is 0 Å². The van der Waals surface area contributed by atoms with Gasteiger partial charge in [-0.2, -0.15) is 0 Å². The molecule has 1 amide bonds. The Labute approximate surface area is 172 Å². The quantitative estimate of drug-likeness (QED) is 0.320. The Hall–Kier alpha value is -1.43. The third-order valence-electron chi connectivity index (χ3n) is 4.42. The molecule has 1 aliphatic heterocycles. The number of carbonyl (C=O) groups is 1. The van der Waals surface area contributed by atoms with Crippen molar-refractivity contribution in [2.24, 2.45) is 4.99 Å². The van der Waals surface area contributed by atoms with Gasteiger partial charge in [-0.25, -0.2) is 0 Å². The van der Waals surface area contributed by atoms with Crippen molar-refractivity contribution in [3.63, 3.8) is 0 Å². The maximum atomic E-state index is 11.3. The zero-order chi connectivity index (χ0) is 18.1. The Kier molecular flexibility index (Phi) is 10.5. The van der Waals surface area contributed by atoms with E-state index < -0.39 is 0 Å². The first-order valence-corrected chi connectivity index (χ1v) is 8.93. The van der Waals surface area contributed by atoms with Crippen molar-refractivity contribution in [3.05, 3.63) is 12.2 Å². The van der Waals surface area contributed by atoms with E-state index in [1.807, 2.05) is 4.90 Å². The lowest BCUT2D eigenvalue weighted by molar-refractivity contribution is -0.130. The van der Waals surface area contributed by atoms with Crippen molar-refractivity contribution in [3.8, 4) is 0 Å². The van der Waals surface area contributed by atoms with Gasteiger partial charge in [0.05, 0.1) is 0 Å². The Bertz CT molecular complexity index is 568. The number of aromatic nitrogens is 3. The monoisotopic (exact) mass is 478 g/mol. The number of nitrogens with zero attached hydrogens (tertiary/aromatic N) is 6. The first kappa shape index (κ1) is 22.6. The molecule has 0 unspecified atom stereocenters. The van der Waals surface area contributed by atoms with Crippen molar-refractivity contribution >= 4 is 35.8 Å². The maximum absolute atomic E-state index is 11.3. The fourth-order valence-electron chi connectivity index (χ4n) is 2.87. The van der Waals surface area contributed by atoms with Crippen LogP contribution in [0.15, 0.2) is 11.3 Å². The number of hydrogen-bond donors (Lipinski definition) is 2. The summed E-state index contributed by atoms with van der Waals surface area (Å²) in [7, 11) is 1.78. The van der Waals surface area contributed by atoms with E-state index in [-0.39, 0.29) is 29.9 Å². The highest BCUT2D eigenvalue weighted by molar-refractivity contribution is 14.0. The molecular weight excluding hydrogens is 447 g/mol. The van der Waals surface area contributed by atoms with Gasteiger partial charge in [0.25, 0.3) is 0 Å². The molecule has 1 saturated heterocycles. The van der Waals surface area contributed by atoms with Crippen LogP contribution in [0.25, 0.3) is 0 Å². The number of aliphatic imine (C=N–C) groups is 1. The molecule has 0 bridgehead atoms. The van der Waals surface area contributed by atoms with E-state index in [0.717, 1.165) is 70.6 Å². The molecule has 10 heteroatoms. The normalized spacial score (nSPS) is 15.5. The Morgan fingerprint density at radius 1 is 1.19 bits per heavy atom. The molecule has 0 aliphatic carbocycles. The lowest BCUT2D eigenvalue weighted by Crippen LogP contribution is -2.50. The van der Waals surface area contributed by atoms with E-state index >= 15 is 0 Å². The molecule has 2 N–H and O–H groups in total. The number of hydrogen-bond acceptors (Lipinski definition) is 5. The SMILES string of the molecule is CCc1nncn1CCNC(=NC)NCCN1CCN(C(C)=O)CC1.I. The molecule has 1 aromatic rings. The van der Waals surface area contributed by atoms with E-state index in [2.05, 4.69) is 42.2 Å². The predicted molar refractivity (Wildman–Crippen MR) is 113 cm³/mol. The molecule has 0 saturated carbocycles. The second kappa shape index (κ2) is 12.0. The minimum absolute atomic E-state index is 0. The average Bonchev–Trinajstić information content (AvgIpc) is 3.08. The fourth-order valence-corrected chi connectivity index (χ4v) is 2.87. The van der Waals surface area contributed by atoms with Crippen molar-refractivity contribution < 1.29 is 4.79 Å². The number of nitrogens with one attached hydrogen (secondary N) is 2. The molecule has 1 fully saturated rings.